The number of halogens is 1. The van der Waals surface area contributed by atoms with E-state index >= 15 is 0 Å². The maximum Gasteiger partial charge on any atom is 0.270 e. The summed E-state index contributed by atoms with van der Waals surface area (Å²) in [6, 6.07) is 2.91. The first-order valence-corrected chi connectivity index (χ1v) is 10.1. The molecule has 0 bridgehead atoms. The fraction of sp³-hybridized carbons (Fsp3) is 0.600. The van der Waals surface area contributed by atoms with Crippen LogP contribution >= 0.6 is 11.6 Å². The highest BCUT2D eigenvalue weighted by molar-refractivity contribution is 6.34. The van der Waals surface area contributed by atoms with Crippen LogP contribution in [0, 0.1) is 22.0 Å². The highest BCUT2D eigenvalue weighted by atomic mass is 35.5. The van der Waals surface area contributed by atoms with Gasteiger partial charge < -0.3 is 10.6 Å². The smallest absolute Gasteiger partial charge is 0.270 e. The van der Waals surface area contributed by atoms with Gasteiger partial charge in [0.25, 0.3) is 11.6 Å². The molecule has 8 heteroatoms. The van der Waals surface area contributed by atoms with Crippen LogP contribution in [0.1, 0.15) is 63.7 Å². The van der Waals surface area contributed by atoms with Crippen molar-refractivity contribution in [3.8, 4) is 0 Å². The summed E-state index contributed by atoms with van der Waals surface area (Å²) in [6.07, 6.45) is 4.28. The van der Waals surface area contributed by atoms with Crippen molar-refractivity contribution < 1.29 is 14.5 Å². The summed E-state index contributed by atoms with van der Waals surface area (Å²) in [6.45, 7) is 8.50. The molecule has 2 amide bonds. The third-order valence-electron chi connectivity index (χ3n) is 4.75. The molecule has 0 aliphatic carbocycles. The highest BCUT2D eigenvalue weighted by Gasteiger charge is 2.26. The molecule has 2 unspecified atom stereocenters. The Labute approximate surface area is 171 Å². The van der Waals surface area contributed by atoms with Gasteiger partial charge in [0.05, 0.1) is 15.5 Å². The molecule has 2 atom stereocenters. The molecule has 2 N–H and O–H groups in total. The van der Waals surface area contributed by atoms with E-state index in [0.717, 1.165) is 31.7 Å². The van der Waals surface area contributed by atoms with Gasteiger partial charge in [-0.25, -0.2) is 0 Å². The lowest BCUT2D eigenvalue weighted by Crippen LogP contribution is -2.50. The number of hydrogen-bond donors (Lipinski definition) is 2. The lowest BCUT2D eigenvalue weighted by molar-refractivity contribution is -0.384. The monoisotopic (exact) mass is 411 g/mol. The number of nitro groups is 1. The van der Waals surface area contributed by atoms with E-state index in [2.05, 4.69) is 24.5 Å². The molecule has 0 saturated heterocycles. The Morgan fingerprint density at radius 3 is 2.43 bits per heavy atom. The van der Waals surface area contributed by atoms with Crippen LogP contribution in [0.5, 0.6) is 0 Å². The molecule has 1 aromatic carbocycles. The van der Waals surface area contributed by atoms with Gasteiger partial charge in [-0.2, -0.15) is 0 Å². The minimum Gasteiger partial charge on any atom is -0.354 e. The van der Waals surface area contributed by atoms with Crippen LogP contribution in [0.15, 0.2) is 18.2 Å². The first-order valence-electron chi connectivity index (χ1n) is 9.73. The summed E-state index contributed by atoms with van der Waals surface area (Å²) >= 11 is 6.02. The number of rotatable bonds is 11. The van der Waals surface area contributed by atoms with Crippen molar-refractivity contribution in [3.05, 3.63) is 38.9 Å². The number of nitrogens with one attached hydrogen (secondary N) is 2. The van der Waals surface area contributed by atoms with Crippen molar-refractivity contribution >= 4 is 29.1 Å². The fourth-order valence-electron chi connectivity index (χ4n) is 2.85. The Hall–Kier alpha value is -2.15. The van der Waals surface area contributed by atoms with Crippen LogP contribution in [0.25, 0.3) is 0 Å². The number of amides is 2. The summed E-state index contributed by atoms with van der Waals surface area (Å²) in [4.78, 5) is 35.4. The fourth-order valence-corrected chi connectivity index (χ4v) is 3.11. The van der Waals surface area contributed by atoms with Gasteiger partial charge in [-0.3, -0.25) is 19.7 Å². The zero-order valence-corrected chi connectivity index (χ0v) is 17.7. The molecule has 0 saturated carbocycles. The maximum absolute atomic E-state index is 12.6. The van der Waals surface area contributed by atoms with Gasteiger partial charge >= 0.3 is 0 Å². The largest absolute Gasteiger partial charge is 0.354 e. The van der Waals surface area contributed by atoms with E-state index in [1.807, 2.05) is 13.8 Å². The van der Waals surface area contributed by atoms with E-state index in [1.54, 1.807) is 0 Å². The molecule has 0 radical (unpaired) electrons. The predicted molar refractivity (Wildman–Crippen MR) is 111 cm³/mol. The third-order valence-corrected chi connectivity index (χ3v) is 5.06. The number of carbonyl (C=O) groups is 2. The van der Waals surface area contributed by atoms with Gasteiger partial charge in [-0.15, -0.1) is 0 Å². The average molecular weight is 412 g/mol. The van der Waals surface area contributed by atoms with Crippen molar-refractivity contribution in [3.63, 3.8) is 0 Å². The van der Waals surface area contributed by atoms with Gasteiger partial charge in [-0.05, 0) is 24.3 Å². The SMILES string of the molecule is CCCCC(CC)CNC(=O)C(NC(=O)c1ccc([N+](=O)[O-])cc1Cl)C(C)C. The standard InChI is InChI=1S/C20H30ClN3O4/c1-5-7-8-14(6-2)12-22-20(26)18(13(3)4)23-19(25)16-10-9-15(24(27)28)11-17(16)21/h9-11,13-14,18H,5-8,12H2,1-4H3,(H,22,26)(H,23,25). The Morgan fingerprint density at radius 2 is 1.93 bits per heavy atom. The van der Waals surface area contributed by atoms with Gasteiger partial charge in [0, 0.05) is 18.7 Å². The van der Waals surface area contributed by atoms with E-state index in [4.69, 9.17) is 11.6 Å². The number of non-ortho nitro benzene ring substituents is 1. The predicted octanol–water partition coefficient (Wildman–Crippen LogP) is 4.34. The summed E-state index contributed by atoms with van der Waals surface area (Å²) in [5.41, 5.74) is -0.0995. The number of carbonyl (C=O) groups excluding carboxylic acids is 2. The molecule has 0 aromatic heterocycles. The minimum atomic E-state index is -0.720. The lowest BCUT2D eigenvalue weighted by Gasteiger charge is -2.23. The number of unbranched alkanes of at least 4 members (excludes halogenated alkanes) is 1. The van der Waals surface area contributed by atoms with E-state index in [0.29, 0.717) is 12.5 Å². The van der Waals surface area contributed by atoms with Gasteiger partial charge in [0.1, 0.15) is 6.04 Å². The first kappa shape index (κ1) is 23.9. The van der Waals surface area contributed by atoms with Crippen LogP contribution in [-0.4, -0.2) is 29.3 Å². The van der Waals surface area contributed by atoms with Crippen LogP contribution < -0.4 is 10.6 Å². The van der Waals surface area contributed by atoms with Gasteiger partial charge in [0.2, 0.25) is 5.91 Å². The lowest BCUT2D eigenvalue weighted by atomic mass is 9.98. The van der Waals surface area contributed by atoms with Gasteiger partial charge in [0.15, 0.2) is 0 Å². The molecule has 0 heterocycles. The third kappa shape index (κ3) is 7.11. The van der Waals surface area contributed by atoms with Crippen LogP contribution in [0.3, 0.4) is 0 Å². The van der Waals surface area contributed by atoms with Crippen molar-refractivity contribution in [1.82, 2.24) is 10.6 Å². The topological polar surface area (TPSA) is 101 Å². The number of hydrogen-bond acceptors (Lipinski definition) is 4. The summed E-state index contributed by atoms with van der Waals surface area (Å²) < 4.78 is 0. The van der Waals surface area contributed by atoms with E-state index in [9.17, 15) is 19.7 Å². The Bertz CT molecular complexity index is 694. The van der Waals surface area contributed by atoms with Crippen LogP contribution in [0.4, 0.5) is 5.69 Å². The number of nitrogens with zero attached hydrogens (tertiary/aromatic N) is 1. The minimum absolute atomic E-state index is 0.0276. The number of benzene rings is 1. The first-order chi connectivity index (χ1) is 13.2. The molecule has 0 spiro atoms. The summed E-state index contributed by atoms with van der Waals surface area (Å²) in [5, 5.41) is 16.4. The Kier molecular flexibility index (Phi) is 9.93. The molecule has 0 aliphatic rings. The van der Waals surface area contributed by atoms with Crippen molar-refractivity contribution in [1.29, 1.82) is 0 Å². The van der Waals surface area contributed by atoms with Crippen molar-refractivity contribution in [2.75, 3.05) is 6.54 Å². The molecule has 28 heavy (non-hydrogen) atoms. The second-order valence-corrected chi connectivity index (χ2v) is 7.69. The van der Waals surface area contributed by atoms with Gasteiger partial charge in [-0.1, -0.05) is 58.6 Å². The van der Waals surface area contributed by atoms with Crippen molar-refractivity contribution in [2.24, 2.45) is 11.8 Å². The zero-order valence-electron chi connectivity index (χ0n) is 17.0. The molecular formula is C20H30ClN3O4. The van der Waals surface area contributed by atoms with Crippen molar-refractivity contribution in [2.45, 2.75) is 59.4 Å². The molecule has 156 valence electrons. The van der Waals surface area contributed by atoms with Crippen LogP contribution in [-0.2, 0) is 4.79 Å². The second-order valence-electron chi connectivity index (χ2n) is 7.28. The molecule has 1 rings (SSSR count). The number of nitro benzene ring substituents is 1. The quantitative estimate of drug-likeness (QED) is 0.417. The van der Waals surface area contributed by atoms with E-state index < -0.39 is 16.9 Å². The van der Waals surface area contributed by atoms with E-state index in [-0.39, 0.29) is 28.1 Å². The Balaban J connectivity index is 2.79. The Morgan fingerprint density at radius 1 is 1.25 bits per heavy atom. The molecule has 7 nitrogen and oxygen atoms in total. The highest BCUT2D eigenvalue weighted by Crippen LogP contribution is 2.22. The molecule has 0 fully saturated rings. The van der Waals surface area contributed by atoms with E-state index in [1.165, 1.54) is 12.1 Å². The van der Waals surface area contributed by atoms with Crippen LogP contribution in [0.2, 0.25) is 5.02 Å². The molecule has 1 aromatic rings. The normalized spacial score (nSPS) is 13.1. The maximum atomic E-state index is 12.6. The molecular weight excluding hydrogens is 382 g/mol. The zero-order chi connectivity index (χ0) is 21.3. The summed E-state index contributed by atoms with van der Waals surface area (Å²) in [5.74, 6) is -0.490. The second kappa shape index (κ2) is 11.6. The summed E-state index contributed by atoms with van der Waals surface area (Å²) in [7, 11) is 0. The molecule has 0 aliphatic heterocycles. The average Bonchev–Trinajstić information content (AvgIpc) is 2.65.